The summed E-state index contributed by atoms with van der Waals surface area (Å²) in [6.07, 6.45) is 2.22. The number of rotatable bonds is 8. The predicted octanol–water partition coefficient (Wildman–Crippen LogP) is 3.49. The van der Waals surface area contributed by atoms with Gasteiger partial charge in [-0.1, -0.05) is 24.9 Å². The van der Waals surface area contributed by atoms with Crippen molar-refractivity contribution in [2.75, 3.05) is 6.54 Å². The Morgan fingerprint density at radius 3 is 2.67 bits per heavy atom. The standard InChI is InChI=1S/C15H19ClFNO3/c1-2-10(3-6-14(19)20)7-8-18-15(21)12-5-4-11(16)9-13(12)17/h4-5,9-10H,2-3,6-8H2,1H3,(H,18,21)(H,19,20). The van der Waals surface area contributed by atoms with Gasteiger partial charge in [-0.2, -0.15) is 0 Å². The van der Waals surface area contributed by atoms with Crippen molar-refractivity contribution in [1.29, 1.82) is 0 Å². The van der Waals surface area contributed by atoms with Gasteiger partial charge < -0.3 is 10.4 Å². The number of carboxylic acids is 1. The number of amides is 1. The lowest BCUT2D eigenvalue weighted by atomic mass is 9.96. The summed E-state index contributed by atoms with van der Waals surface area (Å²) in [5.41, 5.74) is -0.0435. The van der Waals surface area contributed by atoms with Crippen molar-refractivity contribution in [2.45, 2.75) is 32.6 Å². The second-order valence-electron chi connectivity index (χ2n) is 4.88. The number of carbonyl (C=O) groups excluding carboxylic acids is 1. The van der Waals surface area contributed by atoms with Crippen molar-refractivity contribution in [3.63, 3.8) is 0 Å². The van der Waals surface area contributed by atoms with Gasteiger partial charge >= 0.3 is 5.97 Å². The largest absolute Gasteiger partial charge is 0.481 e. The first-order chi connectivity index (χ1) is 9.93. The normalized spacial score (nSPS) is 12.0. The van der Waals surface area contributed by atoms with Crippen LogP contribution in [0.3, 0.4) is 0 Å². The third-order valence-electron chi connectivity index (χ3n) is 3.36. The van der Waals surface area contributed by atoms with E-state index in [1.54, 1.807) is 0 Å². The summed E-state index contributed by atoms with van der Waals surface area (Å²) >= 11 is 5.63. The summed E-state index contributed by atoms with van der Waals surface area (Å²) in [5, 5.41) is 11.5. The first-order valence-electron chi connectivity index (χ1n) is 6.89. The molecule has 0 spiro atoms. The van der Waals surface area contributed by atoms with E-state index in [-0.39, 0.29) is 22.9 Å². The van der Waals surface area contributed by atoms with E-state index in [1.165, 1.54) is 12.1 Å². The molecule has 0 heterocycles. The second kappa shape index (κ2) is 8.62. The van der Waals surface area contributed by atoms with Crippen LogP contribution >= 0.6 is 11.6 Å². The van der Waals surface area contributed by atoms with Crippen LogP contribution in [0.5, 0.6) is 0 Å². The molecular formula is C15H19ClFNO3. The molecule has 21 heavy (non-hydrogen) atoms. The molecule has 0 radical (unpaired) electrons. The monoisotopic (exact) mass is 315 g/mol. The van der Waals surface area contributed by atoms with E-state index in [9.17, 15) is 14.0 Å². The maximum atomic E-state index is 13.6. The zero-order chi connectivity index (χ0) is 15.8. The van der Waals surface area contributed by atoms with Crippen molar-refractivity contribution in [1.82, 2.24) is 5.32 Å². The van der Waals surface area contributed by atoms with Gasteiger partial charge in [-0.15, -0.1) is 0 Å². The van der Waals surface area contributed by atoms with Gasteiger partial charge in [0.1, 0.15) is 5.82 Å². The Morgan fingerprint density at radius 2 is 2.10 bits per heavy atom. The average molecular weight is 316 g/mol. The zero-order valence-corrected chi connectivity index (χ0v) is 12.6. The van der Waals surface area contributed by atoms with E-state index < -0.39 is 17.7 Å². The van der Waals surface area contributed by atoms with Crippen LogP contribution in [0.1, 0.15) is 43.0 Å². The number of nitrogens with one attached hydrogen (secondary N) is 1. The molecule has 0 saturated heterocycles. The van der Waals surface area contributed by atoms with Crippen LogP contribution in [0.25, 0.3) is 0 Å². The lowest BCUT2D eigenvalue weighted by Crippen LogP contribution is -2.26. The highest BCUT2D eigenvalue weighted by Crippen LogP contribution is 2.16. The number of halogens is 2. The molecule has 0 aliphatic heterocycles. The highest BCUT2D eigenvalue weighted by Gasteiger charge is 2.13. The van der Waals surface area contributed by atoms with Crippen molar-refractivity contribution < 1.29 is 19.1 Å². The number of carboxylic acid groups (broad SMARTS) is 1. The van der Waals surface area contributed by atoms with Crippen LogP contribution in [0.4, 0.5) is 4.39 Å². The quantitative estimate of drug-likeness (QED) is 0.771. The van der Waals surface area contributed by atoms with Crippen molar-refractivity contribution in [3.05, 3.63) is 34.6 Å². The molecule has 4 nitrogen and oxygen atoms in total. The second-order valence-corrected chi connectivity index (χ2v) is 5.31. The van der Waals surface area contributed by atoms with Crippen molar-refractivity contribution in [2.24, 2.45) is 5.92 Å². The topological polar surface area (TPSA) is 66.4 Å². The van der Waals surface area contributed by atoms with Crippen LogP contribution in [0, 0.1) is 11.7 Å². The molecule has 6 heteroatoms. The molecule has 0 aromatic heterocycles. The van der Waals surface area contributed by atoms with Crippen LogP contribution in [-0.4, -0.2) is 23.5 Å². The SMILES string of the molecule is CCC(CCNC(=O)c1ccc(Cl)cc1F)CCC(=O)O. The Morgan fingerprint density at radius 1 is 1.38 bits per heavy atom. The van der Waals surface area contributed by atoms with E-state index in [2.05, 4.69) is 5.32 Å². The number of benzene rings is 1. The summed E-state index contributed by atoms with van der Waals surface area (Å²) in [5.74, 6) is -1.73. The minimum Gasteiger partial charge on any atom is -0.481 e. The maximum absolute atomic E-state index is 13.6. The molecule has 0 bridgehead atoms. The molecule has 1 aromatic rings. The molecule has 0 fully saturated rings. The first-order valence-corrected chi connectivity index (χ1v) is 7.26. The molecule has 1 atom stereocenters. The minimum absolute atomic E-state index is 0.0435. The molecule has 0 aliphatic rings. The molecular weight excluding hydrogens is 297 g/mol. The lowest BCUT2D eigenvalue weighted by Gasteiger charge is -2.14. The molecule has 0 saturated carbocycles. The van der Waals surface area contributed by atoms with Gasteiger partial charge in [0.25, 0.3) is 5.91 Å². The number of carbonyl (C=O) groups is 2. The molecule has 1 aromatic carbocycles. The molecule has 2 N–H and O–H groups in total. The van der Waals surface area contributed by atoms with Gasteiger partial charge in [0.2, 0.25) is 0 Å². The zero-order valence-electron chi connectivity index (χ0n) is 11.9. The summed E-state index contributed by atoms with van der Waals surface area (Å²) in [7, 11) is 0. The lowest BCUT2D eigenvalue weighted by molar-refractivity contribution is -0.137. The Hall–Kier alpha value is -1.62. The van der Waals surface area contributed by atoms with E-state index in [4.69, 9.17) is 16.7 Å². The summed E-state index contributed by atoms with van der Waals surface area (Å²) in [4.78, 5) is 22.4. The van der Waals surface area contributed by atoms with E-state index in [1.807, 2.05) is 6.92 Å². The van der Waals surface area contributed by atoms with Gasteiger partial charge in [-0.05, 0) is 37.0 Å². The number of hydrogen-bond acceptors (Lipinski definition) is 2. The van der Waals surface area contributed by atoms with Gasteiger partial charge in [0.15, 0.2) is 0 Å². The van der Waals surface area contributed by atoms with Crippen molar-refractivity contribution in [3.8, 4) is 0 Å². The third-order valence-corrected chi connectivity index (χ3v) is 3.59. The summed E-state index contributed by atoms with van der Waals surface area (Å²) in [6, 6.07) is 3.90. The van der Waals surface area contributed by atoms with Crippen LogP contribution in [0.2, 0.25) is 5.02 Å². The number of aliphatic carboxylic acids is 1. The average Bonchev–Trinajstić information content (AvgIpc) is 2.42. The smallest absolute Gasteiger partial charge is 0.303 e. The molecule has 0 aliphatic carbocycles. The minimum atomic E-state index is -0.819. The fourth-order valence-electron chi connectivity index (χ4n) is 2.04. The van der Waals surface area contributed by atoms with Gasteiger partial charge in [0, 0.05) is 18.0 Å². The van der Waals surface area contributed by atoms with E-state index in [0.717, 1.165) is 12.5 Å². The maximum Gasteiger partial charge on any atom is 0.303 e. The summed E-state index contributed by atoms with van der Waals surface area (Å²) < 4.78 is 13.6. The Kier molecular flexibility index (Phi) is 7.15. The third kappa shape index (κ3) is 6.12. The molecule has 1 amide bonds. The van der Waals surface area contributed by atoms with Gasteiger partial charge in [0.05, 0.1) is 5.56 Å². The predicted molar refractivity (Wildman–Crippen MR) is 79.0 cm³/mol. The van der Waals surface area contributed by atoms with Crippen LogP contribution in [0.15, 0.2) is 18.2 Å². The van der Waals surface area contributed by atoms with E-state index in [0.29, 0.717) is 19.4 Å². The van der Waals surface area contributed by atoms with Crippen molar-refractivity contribution >= 4 is 23.5 Å². The van der Waals surface area contributed by atoms with Crippen LogP contribution < -0.4 is 5.32 Å². The highest BCUT2D eigenvalue weighted by atomic mass is 35.5. The Bertz CT molecular complexity index is 508. The fraction of sp³-hybridized carbons (Fsp3) is 0.467. The number of hydrogen-bond donors (Lipinski definition) is 2. The molecule has 116 valence electrons. The van der Waals surface area contributed by atoms with Gasteiger partial charge in [-0.3, -0.25) is 9.59 Å². The molecule has 1 rings (SSSR count). The summed E-state index contributed by atoms with van der Waals surface area (Å²) in [6.45, 7) is 2.37. The first kappa shape index (κ1) is 17.4. The molecule has 1 unspecified atom stereocenters. The van der Waals surface area contributed by atoms with E-state index >= 15 is 0 Å². The Balaban J connectivity index is 2.43. The Labute approximate surface area is 128 Å². The van der Waals surface area contributed by atoms with Crippen LogP contribution in [-0.2, 0) is 4.79 Å². The highest BCUT2D eigenvalue weighted by molar-refractivity contribution is 6.30. The fourth-order valence-corrected chi connectivity index (χ4v) is 2.20. The van der Waals surface area contributed by atoms with Gasteiger partial charge in [-0.25, -0.2) is 4.39 Å².